The maximum absolute atomic E-state index is 4.71. The van der Waals surface area contributed by atoms with E-state index in [1.54, 1.807) is 0 Å². The smallest absolute Gasteiger partial charge is 0.137 e. The fraction of sp³-hybridized carbons (Fsp3) is 0.208. The molecule has 0 bridgehead atoms. The van der Waals surface area contributed by atoms with Gasteiger partial charge < -0.3 is 9.88 Å². The molecule has 1 aliphatic rings. The Kier molecular flexibility index (Phi) is 4.01. The number of nitrogens with zero attached hydrogens (tertiary/aromatic N) is 4. The lowest BCUT2D eigenvalue weighted by Crippen LogP contribution is -2.30. The lowest BCUT2D eigenvalue weighted by Gasteiger charge is -2.28. The molecule has 0 spiro atoms. The largest absolute Gasteiger partial charge is 0.356 e. The predicted molar refractivity (Wildman–Crippen MR) is 120 cm³/mol. The number of H-pyrrole nitrogens is 2. The molecule has 0 unspecified atom stereocenters. The molecule has 5 aromatic rings. The van der Waals surface area contributed by atoms with E-state index in [-0.39, 0.29) is 0 Å². The lowest BCUT2D eigenvalue weighted by atomic mass is 10.0. The number of pyridine rings is 2. The minimum Gasteiger partial charge on any atom is -0.356 e. The van der Waals surface area contributed by atoms with Gasteiger partial charge >= 0.3 is 0 Å². The van der Waals surface area contributed by atoms with Crippen LogP contribution in [0.4, 0.5) is 5.82 Å². The van der Waals surface area contributed by atoms with E-state index < -0.39 is 0 Å². The summed E-state index contributed by atoms with van der Waals surface area (Å²) in [7, 11) is 0. The van der Waals surface area contributed by atoms with Gasteiger partial charge in [0.25, 0.3) is 0 Å². The Balaban J connectivity index is 1.47. The average Bonchev–Trinajstić information content (AvgIpc) is 3.43. The van der Waals surface area contributed by atoms with E-state index in [4.69, 9.17) is 4.98 Å². The van der Waals surface area contributed by atoms with Gasteiger partial charge in [-0.25, -0.2) is 4.98 Å². The third kappa shape index (κ3) is 2.84. The van der Waals surface area contributed by atoms with Crippen molar-refractivity contribution in [3.8, 4) is 22.5 Å². The Hall–Kier alpha value is -3.67. The molecule has 148 valence electrons. The van der Waals surface area contributed by atoms with Crippen molar-refractivity contribution in [2.75, 3.05) is 18.0 Å². The minimum absolute atomic E-state index is 0.932. The second kappa shape index (κ2) is 6.99. The summed E-state index contributed by atoms with van der Waals surface area (Å²) in [6.45, 7) is 2.15. The first-order chi connectivity index (χ1) is 14.9. The standard InChI is InChI=1S/C24H22N6/c1-2-12-30(13-3-1)24-19-15-22(27-20(19)8-11-26-24)23-18-14-17(4-5-21(18)28-29-23)16-6-9-25-10-7-16/h4-11,14-15,27H,1-3,12-13H2,(H,28,29). The second-order valence-corrected chi connectivity index (χ2v) is 7.89. The number of hydrogen-bond donors (Lipinski definition) is 2. The normalized spacial score (nSPS) is 14.6. The zero-order valence-corrected chi connectivity index (χ0v) is 16.6. The Morgan fingerprint density at radius 2 is 1.63 bits per heavy atom. The van der Waals surface area contributed by atoms with E-state index in [1.165, 1.54) is 19.3 Å². The number of rotatable bonds is 3. The molecular formula is C24H22N6. The first kappa shape index (κ1) is 17.2. The zero-order chi connectivity index (χ0) is 19.9. The molecule has 0 amide bonds. The summed E-state index contributed by atoms with van der Waals surface area (Å²) in [6.07, 6.45) is 9.32. The predicted octanol–water partition coefficient (Wildman–Crippen LogP) is 5.16. The van der Waals surface area contributed by atoms with Crippen LogP contribution in [0.25, 0.3) is 44.3 Å². The molecule has 1 saturated heterocycles. The summed E-state index contributed by atoms with van der Waals surface area (Å²) in [4.78, 5) is 14.8. The summed E-state index contributed by atoms with van der Waals surface area (Å²) in [5.74, 6) is 1.08. The molecule has 6 nitrogen and oxygen atoms in total. The van der Waals surface area contributed by atoms with E-state index in [2.05, 4.69) is 49.3 Å². The van der Waals surface area contributed by atoms with Crippen molar-refractivity contribution in [2.24, 2.45) is 0 Å². The van der Waals surface area contributed by atoms with Crippen LogP contribution in [-0.4, -0.2) is 38.2 Å². The van der Waals surface area contributed by atoms with Gasteiger partial charge in [0, 0.05) is 42.5 Å². The number of hydrogen-bond acceptors (Lipinski definition) is 4. The van der Waals surface area contributed by atoms with Crippen LogP contribution in [0.1, 0.15) is 19.3 Å². The average molecular weight is 394 g/mol. The van der Waals surface area contributed by atoms with E-state index in [0.29, 0.717) is 0 Å². The van der Waals surface area contributed by atoms with Gasteiger partial charge in [0.2, 0.25) is 0 Å². The van der Waals surface area contributed by atoms with Crippen LogP contribution in [0.3, 0.4) is 0 Å². The lowest BCUT2D eigenvalue weighted by molar-refractivity contribution is 0.575. The molecule has 1 aliphatic heterocycles. The summed E-state index contributed by atoms with van der Waals surface area (Å²) in [5.41, 5.74) is 6.36. The molecule has 0 radical (unpaired) electrons. The molecule has 0 saturated carbocycles. The molecule has 30 heavy (non-hydrogen) atoms. The summed E-state index contributed by atoms with van der Waals surface area (Å²) in [5, 5.41) is 10.1. The number of piperidine rings is 1. The highest BCUT2D eigenvalue weighted by atomic mass is 15.2. The monoisotopic (exact) mass is 394 g/mol. The van der Waals surface area contributed by atoms with Gasteiger partial charge in [-0.2, -0.15) is 5.10 Å². The Morgan fingerprint density at radius 1 is 0.767 bits per heavy atom. The quantitative estimate of drug-likeness (QED) is 0.443. The van der Waals surface area contributed by atoms with Gasteiger partial charge in [0.05, 0.1) is 16.7 Å². The zero-order valence-electron chi connectivity index (χ0n) is 16.6. The number of aromatic amines is 2. The van der Waals surface area contributed by atoms with Crippen LogP contribution in [-0.2, 0) is 0 Å². The molecule has 4 aromatic heterocycles. The van der Waals surface area contributed by atoms with E-state index in [9.17, 15) is 0 Å². The van der Waals surface area contributed by atoms with Crippen LogP contribution >= 0.6 is 0 Å². The first-order valence-electron chi connectivity index (χ1n) is 10.5. The second-order valence-electron chi connectivity index (χ2n) is 7.89. The highest BCUT2D eigenvalue weighted by Gasteiger charge is 2.18. The van der Waals surface area contributed by atoms with E-state index in [0.717, 1.165) is 63.2 Å². The SMILES string of the molecule is c1cc(-c2ccc3[nH]nc(-c4cc5c(N6CCCCC6)nccc5[nH]4)c3c2)ccn1. The number of anilines is 1. The topological polar surface area (TPSA) is 73.5 Å². The van der Waals surface area contributed by atoms with Crippen LogP contribution in [0.15, 0.2) is 61.1 Å². The Labute approximate surface area is 174 Å². The molecule has 2 N–H and O–H groups in total. The first-order valence-corrected chi connectivity index (χ1v) is 10.5. The Morgan fingerprint density at radius 3 is 2.50 bits per heavy atom. The highest BCUT2D eigenvalue weighted by molar-refractivity contribution is 6.00. The van der Waals surface area contributed by atoms with Crippen LogP contribution < -0.4 is 4.90 Å². The maximum Gasteiger partial charge on any atom is 0.137 e. The van der Waals surface area contributed by atoms with Crippen molar-refractivity contribution in [2.45, 2.75) is 19.3 Å². The van der Waals surface area contributed by atoms with Gasteiger partial charge in [0.15, 0.2) is 0 Å². The molecule has 5 heterocycles. The number of fused-ring (bicyclic) bond motifs is 2. The summed E-state index contributed by atoms with van der Waals surface area (Å²) in [6, 6.07) is 14.7. The van der Waals surface area contributed by atoms with Crippen LogP contribution in [0, 0.1) is 0 Å². The van der Waals surface area contributed by atoms with E-state index >= 15 is 0 Å². The van der Waals surface area contributed by atoms with Gasteiger partial charge in [-0.15, -0.1) is 0 Å². The van der Waals surface area contributed by atoms with Gasteiger partial charge in [-0.3, -0.25) is 10.1 Å². The molecule has 1 fully saturated rings. The molecule has 0 aliphatic carbocycles. The van der Waals surface area contributed by atoms with Crippen LogP contribution in [0.2, 0.25) is 0 Å². The van der Waals surface area contributed by atoms with Crippen LogP contribution in [0.5, 0.6) is 0 Å². The third-order valence-electron chi connectivity index (χ3n) is 6.01. The van der Waals surface area contributed by atoms with Crippen molar-refractivity contribution < 1.29 is 0 Å². The molecule has 6 heteroatoms. The van der Waals surface area contributed by atoms with Crippen molar-refractivity contribution >= 4 is 27.6 Å². The fourth-order valence-electron chi connectivity index (χ4n) is 4.47. The maximum atomic E-state index is 4.71. The summed E-state index contributed by atoms with van der Waals surface area (Å²) < 4.78 is 0. The minimum atomic E-state index is 0.932. The van der Waals surface area contributed by atoms with Crippen molar-refractivity contribution in [1.82, 2.24) is 25.1 Å². The molecular weight excluding hydrogens is 372 g/mol. The third-order valence-corrected chi connectivity index (χ3v) is 6.01. The van der Waals surface area contributed by atoms with Crippen molar-refractivity contribution in [3.63, 3.8) is 0 Å². The Bertz CT molecular complexity index is 1330. The van der Waals surface area contributed by atoms with Gasteiger partial charge in [-0.05, 0) is 66.8 Å². The van der Waals surface area contributed by atoms with Gasteiger partial charge in [0.1, 0.15) is 11.5 Å². The van der Waals surface area contributed by atoms with E-state index in [1.807, 2.05) is 36.8 Å². The number of aromatic nitrogens is 5. The molecule has 1 aromatic carbocycles. The highest BCUT2D eigenvalue weighted by Crippen LogP contribution is 2.34. The molecule has 0 atom stereocenters. The number of nitrogens with one attached hydrogen (secondary N) is 2. The fourth-order valence-corrected chi connectivity index (χ4v) is 4.47. The number of benzene rings is 1. The van der Waals surface area contributed by atoms with Crippen molar-refractivity contribution in [3.05, 3.63) is 61.1 Å². The molecule has 6 rings (SSSR count). The summed E-state index contributed by atoms with van der Waals surface area (Å²) >= 11 is 0. The van der Waals surface area contributed by atoms with Crippen molar-refractivity contribution in [1.29, 1.82) is 0 Å². The van der Waals surface area contributed by atoms with Gasteiger partial charge in [-0.1, -0.05) is 6.07 Å².